The van der Waals surface area contributed by atoms with E-state index in [-0.39, 0.29) is 11.9 Å². The molecule has 2 aromatic rings. The van der Waals surface area contributed by atoms with Gasteiger partial charge < -0.3 is 10.1 Å². The maximum atomic E-state index is 12.7. The number of aryl methyl sites for hydroxylation is 3. The van der Waals surface area contributed by atoms with Gasteiger partial charge in [0.05, 0.1) is 6.04 Å². The van der Waals surface area contributed by atoms with E-state index in [9.17, 15) is 4.79 Å². The van der Waals surface area contributed by atoms with Gasteiger partial charge in [-0.15, -0.1) is 0 Å². The quantitative estimate of drug-likeness (QED) is 0.768. The Labute approximate surface area is 151 Å². The van der Waals surface area contributed by atoms with Crippen LogP contribution in [0.15, 0.2) is 42.5 Å². The lowest BCUT2D eigenvalue weighted by Gasteiger charge is -2.24. The standard InChI is InChI=1S/C22H29NO2/c1-6-20(19-12-11-16(4)13-17(19)5)23-22(24)21(7-2)25-18-10-8-9-15(3)14-18/h8-14,20-21H,6-7H2,1-5H3,(H,23,24). The van der Waals surface area contributed by atoms with Crippen LogP contribution in [0.4, 0.5) is 0 Å². The van der Waals surface area contributed by atoms with Crippen molar-refractivity contribution in [3.05, 3.63) is 64.7 Å². The summed E-state index contributed by atoms with van der Waals surface area (Å²) in [5.74, 6) is 0.678. The molecule has 2 aromatic carbocycles. The number of hydrogen-bond donors (Lipinski definition) is 1. The second-order valence-corrected chi connectivity index (χ2v) is 6.66. The highest BCUT2D eigenvalue weighted by Gasteiger charge is 2.22. The van der Waals surface area contributed by atoms with Crippen LogP contribution in [0, 0.1) is 20.8 Å². The SMILES string of the molecule is CCC(Oc1cccc(C)c1)C(=O)NC(CC)c1ccc(C)cc1C. The van der Waals surface area contributed by atoms with Gasteiger partial charge in [0.15, 0.2) is 6.10 Å². The molecule has 0 saturated carbocycles. The molecule has 0 bridgehead atoms. The number of hydrogen-bond acceptors (Lipinski definition) is 2. The fraction of sp³-hybridized carbons (Fsp3) is 0.409. The minimum absolute atomic E-state index is 0.00302. The van der Waals surface area contributed by atoms with Gasteiger partial charge in [-0.3, -0.25) is 4.79 Å². The average Bonchev–Trinajstić information content (AvgIpc) is 2.58. The van der Waals surface area contributed by atoms with Crippen molar-refractivity contribution < 1.29 is 9.53 Å². The summed E-state index contributed by atoms with van der Waals surface area (Å²) in [6, 6.07) is 14.2. The first-order valence-electron chi connectivity index (χ1n) is 9.05. The molecule has 0 aliphatic heterocycles. The Bertz CT molecular complexity index is 724. The van der Waals surface area contributed by atoms with E-state index in [1.54, 1.807) is 0 Å². The van der Waals surface area contributed by atoms with Crippen LogP contribution in [0.5, 0.6) is 5.75 Å². The predicted molar refractivity (Wildman–Crippen MR) is 103 cm³/mol. The Morgan fingerprint density at radius 3 is 2.32 bits per heavy atom. The zero-order valence-corrected chi connectivity index (χ0v) is 15.9. The number of carbonyl (C=O) groups excluding carboxylic acids is 1. The van der Waals surface area contributed by atoms with Crippen molar-refractivity contribution in [3.8, 4) is 5.75 Å². The highest BCUT2D eigenvalue weighted by molar-refractivity contribution is 5.81. The fourth-order valence-electron chi connectivity index (χ4n) is 3.06. The number of benzene rings is 2. The van der Waals surface area contributed by atoms with Crippen LogP contribution >= 0.6 is 0 Å². The summed E-state index contributed by atoms with van der Waals surface area (Å²) in [6.45, 7) is 10.3. The van der Waals surface area contributed by atoms with E-state index < -0.39 is 6.10 Å². The molecule has 3 heteroatoms. The molecule has 0 aliphatic carbocycles. The van der Waals surface area contributed by atoms with Crippen LogP contribution < -0.4 is 10.1 Å². The Hall–Kier alpha value is -2.29. The normalized spacial score (nSPS) is 13.2. The van der Waals surface area contributed by atoms with Crippen molar-refractivity contribution in [2.24, 2.45) is 0 Å². The maximum Gasteiger partial charge on any atom is 0.261 e. The average molecular weight is 339 g/mol. The summed E-state index contributed by atoms with van der Waals surface area (Å²) < 4.78 is 5.92. The Morgan fingerprint density at radius 1 is 1.00 bits per heavy atom. The number of rotatable bonds is 7. The molecular weight excluding hydrogens is 310 g/mol. The third-order valence-corrected chi connectivity index (χ3v) is 4.46. The maximum absolute atomic E-state index is 12.7. The van der Waals surface area contributed by atoms with E-state index in [2.05, 4.69) is 44.3 Å². The van der Waals surface area contributed by atoms with Gasteiger partial charge in [0, 0.05) is 0 Å². The summed E-state index contributed by atoms with van der Waals surface area (Å²) in [7, 11) is 0. The molecule has 0 radical (unpaired) electrons. The molecule has 1 N–H and O–H groups in total. The molecule has 134 valence electrons. The monoisotopic (exact) mass is 339 g/mol. The summed E-state index contributed by atoms with van der Waals surface area (Å²) in [4.78, 5) is 12.7. The van der Waals surface area contributed by atoms with Crippen LogP contribution in [0.25, 0.3) is 0 Å². The predicted octanol–water partition coefficient (Wildman–Crippen LogP) is 5.04. The number of amides is 1. The Morgan fingerprint density at radius 2 is 1.72 bits per heavy atom. The first kappa shape index (κ1) is 19.0. The smallest absolute Gasteiger partial charge is 0.261 e. The van der Waals surface area contributed by atoms with E-state index >= 15 is 0 Å². The molecule has 2 unspecified atom stereocenters. The molecule has 0 fully saturated rings. The van der Waals surface area contributed by atoms with Crippen molar-refractivity contribution in [1.29, 1.82) is 0 Å². The molecular formula is C22H29NO2. The Balaban J connectivity index is 2.11. The molecule has 2 atom stereocenters. The second-order valence-electron chi connectivity index (χ2n) is 6.66. The zero-order chi connectivity index (χ0) is 18.4. The second kappa shape index (κ2) is 8.70. The first-order chi connectivity index (χ1) is 11.9. The van der Waals surface area contributed by atoms with Crippen LogP contribution in [0.3, 0.4) is 0 Å². The molecule has 3 nitrogen and oxygen atoms in total. The zero-order valence-electron chi connectivity index (χ0n) is 15.9. The van der Waals surface area contributed by atoms with E-state index in [1.807, 2.05) is 38.1 Å². The summed E-state index contributed by atoms with van der Waals surface area (Å²) in [5.41, 5.74) is 4.73. The molecule has 0 aliphatic rings. The van der Waals surface area contributed by atoms with Gasteiger partial charge in [0.1, 0.15) is 5.75 Å². The molecule has 0 saturated heterocycles. The lowest BCUT2D eigenvalue weighted by atomic mass is 9.97. The van der Waals surface area contributed by atoms with Crippen molar-refractivity contribution >= 4 is 5.91 Å². The molecule has 0 spiro atoms. The minimum Gasteiger partial charge on any atom is -0.481 e. The van der Waals surface area contributed by atoms with Gasteiger partial charge in [-0.2, -0.15) is 0 Å². The first-order valence-corrected chi connectivity index (χ1v) is 9.05. The van der Waals surface area contributed by atoms with Crippen molar-refractivity contribution in [2.45, 2.75) is 59.6 Å². The van der Waals surface area contributed by atoms with Crippen molar-refractivity contribution in [2.75, 3.05) is 0 Å². The van der Waals surface area contributed by atoms with Crippen molar-refractivity contribution in [3.63, 3.8) is 0 Å². The van der Waals surface area contributed by atoms with Crippen LogP contribution in [-0.2, 0) is 4.79 Å². The van der Waals surface area contributed by atoms with Crippen LogP contribution in [-0.4, -0.2) is 12.0 Å². The van der Waals surface area contributed by atoms with Crippen LogP contribution in [0.1, 0.15) is 55.0 Å². The lowest BCUT2D eigenvalue weighted by Crippen LogP contribution is -2.40. The summed E-state index contributed by atoms with van der Waals surface area (Å²) >= 11 is 0. The lowest BCUT2D eigenvalue weighted by molar-refractivity contribution is -0.128. The van der Waals surface area contributed by atoms with Gasteiger partial charge in [-0.05, 0) is 62.4 Å². The number of carbonyl (C=O) groups is 1. The molecule has 0 heterocycles. The van der Waals surface area contributed by atoms with Crippen molar-refractivity contribution in [1.82, 2.24) is 5.32 Å². The molecule has 25 heavy (non-hydrogen) atoms. The van der Waals surface area contributed by atoms with E-state index in [0.29, 0.717) is 6.42 Å². The molecule has 0 aromatic heterocycles. The van der Waals surface area contributed by atoms with Crippen LogP contribution in [0.2, 0.25) is 0 Å². The topological polar surface area (TPSA) is 38.3 Å². The van der Waals surface area contributed by atoms with Gasteiger partial charge in [-0.25, -0.2) is 0 Å². The molecule has 2 rings (SSSR count). The number of ether oxygens (including phenoxy) is 1. The largest absolute Gasteiger partial charge is 0.481 e. The van der Waals surface area contributed by atoms with Gasteiger partial charge in [0.25, 0.3) is 5.91 Å². The third-order valence-electron chi connectivity index (χ3n) is 4.46. The van der Waals surface area contributed by atoms with E-state index in [1.165, 1.54) is 16.7 Å². The summed E-state index contributed by atoms with van der Waals surface area (Å²) in [6.07, 6.45) is 0.987. The highest BCUT2D eigenvalue weighted by atomic mass is 16.5. The fourth-order valence-corrected chi connectivity index (χ4v) is 3.06. The van der Waals surface area contributed by atoms with Gasteiger partial charge in [-0.1, -0.05) is 49.7 Å². The number of nitrogens with one attached hydrogen (secondary N) is 1. The summed E-state index contributed by atoms with van der Waals surface area (Å²) in [5, 5.41) is 3.17. The van der Waals surface area contributed by atoms with Gasteiger partial charge >= 0.3 is 0 Å². The third kappa shape index (κ3) is 5.09. The molecule has 1 amide bonds. The highest BCUT2D eigenvalue weighted by Crippen LogP contribution is 2.22. The Kier molecular flexibility index (Phi) is 6.63. The minimum atomic E-state index is -0.485. The van der Waals surface area contributed by atoms with E-state index in [4.69, 9.17) is 4.74 Å². The van der Waals surface area contributed by atoms with E-state index in [0.717, 1.165) is 17.7 Å². The van der Waals surface area contributed by atoms with Gasteiger partial charge in [0.2, 0.25) is 0 Å².